The van der Waals surface area contributed by atoms with E-state index in [1.807, 2.05) is 38.3 Å². The second-order valence-corrected chi connectivity index (χ2v) is 7.89. The van der Waals surface area contributed by atoms with Gasteiger partial charge in [0.05, 0.1) is 11.9 Å². The standard InChI is InChI=1S/C25H31ClFN5/c1-6-9-19(11-21(26)10-7-2)14-30-25-23(29-13-17(4)8-3)18(5)31-24(32-25)20-12-22(27)16-28-15-20/h7,9-13,15-17H,6,8,14H2,1-5H3,(H,30,31,32)/b10-7-,19-9-,21-11+,29-13-. The van der Waals surface area contributed by atoms with Crippen LogP contribution >= 0.6 is 11.6 Å². The molecule has 2 aromatic heterocycles. The van der Waals surface area contributed by atoms with Gasteiger partial charge in [-0.2, -0.15) is 0 Å². The molecule has 32 heavy (non-hydrogen) atoms. The van der Waals surface area contributed by atoms with Crippen LogP contribution in [0.4, 0.5) is 15.9 Å². The van der Waals surface area contributed by atoms with E-state index in [9.17, 15) is 4.39 Å². The number of allylic oxidation sites excluding steroid dienone is 4. The van der Waals surface area contributed by atoms with Crippen LogP contribution in [0.2, 0.25) is 0 Å². The van der Waals surface area contributed by atoms with E-state index in [4.69, 9.17) is 11.6 Å². The predicted molar refractivity (Wildman–Crippen MR) is 133 cm³/mol. The van der Waals surface area contributed by atoms with Crippen LogP contribution < -0.4 is 5.32 Å². The molecule has 5 nitrogen and oxygen atoms in total. The Morgan fingerprint density at radius 1 is 1.28 bits per heavy atom. The van der Waals surface area contributed by atoms with Crippen molar-refractivity contribution in [3.63, 3.8) is 0 Å². The summed E-state index contributed by atoms with van der Waals surface area (Å²) in [5.41, 5.74) is 2.90. The molecule has 0 aromatic carbocycles. The number of pyridine rings is 1. The van der Waals surface area contributed by atoms with E-state index in [1.165, 1.54) is 6.07 Å². The van der Waals surface area contributed by atoms with E-state index in [0.717, 1.165) is 24.6 Å². The Hall–Kier alpha value is -2.86. The summed E-state index contributed by atoms with van der Waals surface area (Å²) in [6, 6.07) is 1.37. The van der Waals surface area contributed by atoms with E-state index in [2.05, 4.69) is 52.1 Å². The van der Waals surface area contributed by atoms with Crippen molar-refractivity contribution in [3.05, 3.63) is 64.9 Å². The van der Waals surface area contributed by atoms with Gasteiger partial charge in [-0.25, -0.2) is 14.4 Å². The zero-order valence-electron chi connectivity index (χ0n) is 19.4. The summed E-state index contributed by atoms with van der Waals surface area (Å²) >= 11 is 6.28. The maximum absolute atomic E-state index is 13.7. The first-order valence-electron chi connectivity index (χ1n) is 10.8. The van der Waals surface area contributed by atoms with Crippen LogP contribution in [0.15, 0.2) is 58.4 Å². The van der Waals surface area contributed by atoms with Crippen LogP contribution in [0.1, 0.15) is 46.2 Å². The highest BCUT2D eigenvalue weighted by Crippen LogP contribution is 2.30. The second-order valence-electron chi connectivity index (χ2n) is 7.46. The van der Waals surface area contributed by atoms with Gasteiger partial charge in [-0.15, -0.1) is 0 Å². The minimum atomic E-state index is -0.436. The van der Waals surface area contributed by atoms with Crippen molar-refractivity contribution in [1.82, 2.24) is 15.0 Å². The average Bonchev–Trinajstić information content (AvgIpc) is 2.76. The first-order chi connectivity index (χ1) is 15.4. The summed E-state index contributed by atoms with van der Waals surface area (Å²) in [5.74, 6) is 0.860. The van der Waals surface area contributed by atoms with Crippen molar-refractivity contribution < 1.29 is 4.39 Å². The Kier molecular flexibility index (Phi) is 10.2. The van der Waals surface area contributed by atoms with Crippen molar-refractivity contribution >= 4 is 29.3 Å². The van der Waals surface area contributed by atoms with Crippen molar-refractivity contribution in [1.29, 1.82) is 0 Å². The Morgan fingerprint density at radius 3 is 2.72 bits per heavy atom. The highest BCUT2D eigenvalue weighted by Gasteiger charge is 2.14. The number of anilines is 1. The Bertz CT molecular complexity index is 1030. The van der Waals surface area contributed by atoms with E-state index in [0.29, 0.717) is 46.1 Å². The van der Waals surface area contributed by atoms with Crippen LogP contribution in [0.5, 0.6) is 0 Å². The third kappa shape index (κ3) is 7.68. The molecule has 0 fully saturated rings. The van der Waals surface area contributed by atoms with Crippen molar-refractivity contribution in [2.24, 2.45) is 10.9 Å². The minimum Gasteiger partial charge on any atom is -0.364 e. The molecule has 0 spiro atoms. The van der Waals surface area contributed by atoms with Gasteiger partial charge < -0.3 is 5.32 Å². The van der Waals surface area contributed by atoms with Gasteiger partial charge in [0, 0.05) is 29.6 Å². The third-order valence-electron chi connectivity index (χ3n) is 4.70. The monoisotopic (exact) mass is 455 g/mol. The zero-order chi connectivity index (χ0) is 23.5. The first-order valence-corrected chi connectivity index (χ1v) is 11.2. The molecule has 0 aliphatic carbocycles. The molecule has 2 rings (SSSR count). The van der Waals surface area contributed by atoms with Crippen molar-refractivity contribution in [3.8, 4) is 11.4 Å². The summed E-state index contributed by atoms with van der Waals surface area (Å²) in [4.78, 5) is 17.8. The zero-order valence-corrected chi connectivity index (χ0v) is 20.1. The van der Waals surface area contributed by atoms with Crippen LogP contribution in [0, 0.1) is 18.7 Å². The van der Waals surface area contributed by atoms with Crippen LogP contribution in [0.3, 0.4) is 0 Å². The summed E-state index contributed by atoms with van der Waals surface area (Å²) in [6.45, 7) is 10.6. The Balaban J connectivity index is 2.47. The minimum absolute atomic E-state index is 0.326. The first kappa shape index (κ1) is 25.4. The van der Waals surface area contributed by atoms with Gasteiger partial charge in [0.1, 0.15) is 11.5 Å². The van der Waals surface area contributed by atoms with Gasteiger partial charge in [0.15, 0.2) is 11.6 Å². The molecule has 0 radical (unpaired) electrons. The number of aliphatic imine (C=N–C) groups is 1. The molecule has 0 aliphatic heterocycles. The molecule has 170 valence electrons. The molecule has 1 N–H and O–H groups in total. The van der Waals surface area contributed by atoms with Gasteiger partial charge in [0.2, 0.25) is 0 Å². The van der Waals surface area contributed by atoms with Crippen molar-refractivity contribution in [2.75, 3.05) is 11.9 Å². The van der Waals surface area contributed by atoms with E-state index < -0.39 is 5.82 Å². The molecule has 0 amide bonds. The van der Waals surface area contributed by atoms with E-state index >= 15 is 0 Å². The fourth-order valence-corrected chi connectivity index (χ4v) is 3.10. The Labute approximate surface area is 195 Å². The summed E-state index contributed by atoms with van der Waals surface area (Å²) in [5, 5.41) is 4.03. The van der Waals surface area contributed by atoms with Gasteiger partial charge in [-0.1, -0.05) is 44.5 Å². The fraction of sp³-hybridized carbons (Fsp3) is 0.360. The van der Waals surface area contributed by atoms with E-state index in [1.54, 1.807) is 6.20 Å². The van der Waals surface area contributed by atoms with Crippen LogP contribution in [0.25, 0.3) is 11.4 Å². The molecule has 0 bridgehead atoms. The number of aryl methyl sites for hydroxylation is 1. The smallest absolute Gasteiger partial charge is 0.163 e. The summed E-state index contributed by atoms with van der Waals surface area (Å²) in [7, 11) is 0. The highest BCUT2D eigenvalue weighted by atomic mass is 35.5. The molecule has 1 unspecified atom stereocenters. The number of aromatic nitrogens is 3. The fourth-order valence-electron chi connectivity index (χ4n) is 2.83. The quantitative estimate of drug-likeness (QED) is 0.304. The molecule has 0 saturated carbocycles. The normalized spacial score (nSPS) is 13.8. The van der Waals surface area contributed by atoms with E-state index in [-0.39, 0.29) is 0 Å². The molecule has 0 saturated heterocycles. The maximum Gasteiger partial charge on any atom is 0.163 e. The lowest BCUT2D eigenvalue weighted by atomic mass is 10.1. The Morgan fingerprint density at radius 2 is 2.06 bits per heavy atom. The largest absolute Gasteiger partial charge is 0.364 e. The third-order valence-corrected chi connectivity index (χ3v) is 4.93. The molecular formula is C25H31ClFN5. The topological polar surface area (TPSA) is 63.1 Å². The molecule has 1 atom stereocenters. The number of halogens is 2. The van der Waals surface area contributed by atoms with Gasteiger partial charge in [-0.3, -0.25) is 9.98 Å². The lowest BCUT2D eigenvalue weighted by Gasteiger charge is -2.13. The summed E-state index contributed by atoms with van der Waals surface area (Å²) < 4.78 is 13.7. The lowest BCUT2D eigenvalue weighted by molar-refractivity contribution is 0.622. The lowest BCUT2D eigenvalue weighted by Crippen LogP contribution is -2.08. The number of nitrogens with one attached hydrogen (secondary N) is 1. The molecule has 2 aromatic rings. The number of nitrogens with zero attached hydrogens (tertiary/aromatic N) is 4. The summed E-state index contributed by atoms with van der Waals surface area (Å²) in [6.07, 6.45) is 14.2. The molecule has 2 heterocycles. The van der Waals surface area contributed by atoms with Crippen LogP contribution in [-0.2, 0) is 0 Å². The van der Waals surface area contributed by atoms with Crippen LogP contribution in [-0.4, -0.2) is 27.7 Å². The second kappa shape index (κ2) is 12.9. The SMILES string of the molecule is C\C=C/C(Cl)=C\C(=C\CC)CNc1nc(-c2cncc(F)c2)nc(C)c1/N=C\C(C)CC. The molecular weight excluding hydrogens is 425 g/mol. The van der Waals surface area contributed by atoms with Gasteiger partial charge >= 0.3 is 0 Å². The van der Waals surface area contributed by atoms with Crippen molar-refractivity contribution in [2.45, 2.75) is 47.5 Å². The number of hydrogen-bond donors (Lipinski definition) is 1. The molecule has 0 aliphatic rings. The maximum atomic E-state index is 13.7. The van der Waals surface area contributed by atoms with Gasteiger partial charge in [-0.05, 0) is 56.4 Å². The highest BCUT2D eigenvalue weighted by molar-refractivity contribution is 6.31. The average molecular weight is 456 g/mol. The predicted octanol–water partition coefficient (Wildman–Crippen LogP) is 7.18. The molecule has 7 heteroatoms. The van der Waals surface area contributed by atoms with Gasteiger partial charge in [0.25, 0.3) is 0 Å². The number of rotatable bonds is 10. The number of hydrogen-bond acceptors (Lipinski definition) is 5.